The van der Waals surface area contributed by atoms with E-state index in [4.69, 9.17) is 17.0 Å². The second kappa shape index (κ2) is 11.6. The standard InChI is InChI=1S/C24H27.C9H7.C6H5.C2H7Si.2ClH.Zr/c1-2-7-18-16-22-10-6-11-23(24(22)17-18)21-14-12-20(13-15-21)19-8-4-3-5-9-19;1-2-5-9-7-3-6-8(9)4-1;1-2-4-6-5-3-1;1-3-2;;;/h6,10-17,19H,2-5,7-9H2,1H3;1-7H;1-5H;3H,1-2H3;2*1H;/q;;;;;;+2/p-2. The van der Waals surface area contributed by atoms with E-state index in [1.807, 2.05) is 0 Å². The van der Waals surface area contributed by atoms with Crippen LogP contribution < -0.4 is 3.27 Å². The summed E-state index contributed by atoms with van der Waals surface area (Å²) in [7, 11) is 18.1. The maximum atomic E-state index is 9.05. The molecule has 4 heteroatoms. The average molecular weight is 729 g/mol. The molecule has 0 aromatic heterocycles. The molecule has 0 heterocycles. The molecule has 0 N–H and O–H groups in total. The molecule has 0 nitrogen and oxygen atoms in total. The molecule has 0 radical (unpaired) electrons. The molecule has 45 heavy (non-hydrogen) atoms. The molecule has 3 aliphatic rings. The van der Waals surface area contributed by atoms with E-state index < -0.39 is 20.0 Å². The first-order valence-electron chi connectivity index (χ1n) is 17.3. The zero-order valence-corrected chi connectivity index (χ0v) is 32.1. The predicted octanol–water partition coefficient (Wildman–Crippen LogP) is 12.2. The number of hydrogen-bond donors (Lipinski definition) is 0. The number of rotatable bonds is 8. The fourth-order valence-electron chi connectivity index (χ4n) is 9.67. The second-order valence-electron chi connectivity index (χ2n) is 14.5. The van der Waals surface area contributed by atoms with Crippen LogP contribution in [0.4, 0.5) is 0 Å². The van der Waals surface area contributed by atoms with Crippen molar-refractivity contribution in [2.75, 3.05) is 0 Å². The van der Waals surface area contributed by atoms with Crippen molar-refractivity contribution < 1.29 is 14.1 Å². The van der Waals surface area contributed by atoms with Gasteiger partial charge in [-0.15, -0.1) is 0 Å². The Morgan fingerprint density at radius 1 is 0.756 bits per heavy atom. The van der Waals surface area contributed by atoms with Gasteiger partial charge in [-0.2, -0.15) is 0 Å². The van der Waals surface area contributed by atoms with Gasteiger partial charge in [-0.25, -0.2) is 0 Å². The van der Waals surface area contributed by atoms with Crippen molar-refractivity contribution in [2.24, 2.45) is 0 Å². The Morgan fingerprint density at radius 3 is 2.16 bits per heavy atom. The Kier molecular flexibility index (Phi) is 8.17. The van der Waals surface area contributed by atoms with Gasteiger partial charge in [-0.3, -0.25) is 0 Å². The van der Waals surface area contributed by atoms with Gasteiger partial charge in [-0.05, 0) is 0 Å². The van der Waals surface area contributed by atoms with Crippen LogP contribution in [0.5, 0.6) is 0 Å². The SMILES string of the molecule is CCCC1=Cc2c(-c3ccc(C4CCCCC4)cc3)cccc2[CH]1[Zr]([Cl])([Cl])([c]1ccccc1)([CH]1C=Cc2ccccc21)[SiH](C)C. The molecule has 4 aromatic rings. The van der Waals surface area contributed by atoms with E-state index in [0.29, 0.717) is 5.92 Å². The summed E-state index contributed by atoms with van der Waals surface area (Å²) in [6, 6.07) is 36.3. The van der Waals surface area contributed by atoms with Crippen LogP contribution in [0.2, 0.25) is 13.1 Å². The zero-order chi connectivity index (χ0) is 31.3. The number of fused-ring (bicyclic) bond motifs is 2. The van der Waals surface area contributed by atoms with Gasteiger partial charge in [0.25, 0.3) is 0 Å². The average Bonchev–Trinajstić information content (AvgIpc) is 3.69. The van der Waals surface area contributed by atoms with Crippen LogP contribution >= 0.6 is 17.0 Å². The quantitative estimate of drug-likeness (QED) is 0.159. The monoisotopic (exact) mass is 726 g/mol. The van der Waals surface area contributed by atoms with E-state index in [0.717, 1.165) is 12.8 Å². The van der Waals surface area contributed by atoms with Crippen molar-refractivity contribution in [1.82, 2.24) is 0 Å². The van der Waals surface area contributed by atoms with Gasteiger partial charge in [0.2, 0.25) is 0 Å². The Labute approximate surface area is 276 Å². The van der Waals surface area contributed by atoms with E-state index in [2.05, 4.69) is 135 Å². The summed E-state index contributed by atoms with van der Waals surface area (Å²) in [6.45, 7) is 7.20. The summed E-state index contributed by atoms with van der Waals surface area (Å²) in [6.07, 6.45) is 16.0. The Hall–Kier alpha value is -1.96. The van der Waals surface area contributed by atoms with Crippen LogP contribution in [0, 0.1) is 0 Å². The van der Waals surface area contributed by atoms with Crippen molar-refractivity contribution in [2.45, 2.75) is 78.1 Å². The third kappa shape index (κ3) is 4.60. The minimum atomic E-state index is -5.73. The molecule has 7 rings (SSSR count). The van der Waals surface area contributed by atoms with Gasteiger partial charge in [0.05, 0.1) is 0 Å². The van der Waals surface area contributed by atoms with Crippen molar-refractivity contribution in [1.29, 1.82) is 0 Å². The van der Waals surface area contributed by atoms with Crippen LogP contribution in [0.3, 0.4) is 0 Å². The zero-order valence-electron chi connectivity index (χ0n) is 27.0. The van der Waals surface area contributed by atoms with Gasteiger partial charge in [0, 0.05) is 0 Å². The van der Waals surface area contributed by atoms with Crippen LogP contribution in [0.15, 0.2) is 109 Å². The first-order valence-corrected chi connectivity index (χ1v) is 34.8. The molecule has 1 fully saturated rings. The van der Waals surface area contributed by atoms with Gasteiger partial charge in [0.15, 0.2) is 0 Å². The van der Waals surface area contributed by atoms with Crippen LogP contribution in [-0.4, -0.2) is 5.92 Å². The summed E-state index contributed by atoms with van der Waals surface area (Å²) in [5.41, 5.74) is 10.8. The number of halogens is 2. The normalized spacial score (nSPS) is 21.2. The molecule has 232 valence electrons. The van der Waals surface area contributed by atoms with Gasteiger partial charge >= 0.3 is 278 Å². The van der Waals surface area contributed by atoms with E-state index in [1.54, 1.807) is 0 Å². The molecule has 0 bridgehead atoms. The van der Waals surface area contributed by atoms with Crippen molar-refractivity contribution in [3.63, 3.8) is 0 Å². The summed E-state index contributed by atoms with van der Waals surface area (Å²) in [5.74, 6) is -1.13. The Morgan fingerprint density at radius 2 is 1.44 bits per heavy atom. The Bertz CT molecular complexity index is 1800. The topological polar surface area (TPSA) is 0 Å². The van der Waals surface area contributed by atoms with Crippen LogP contribution in [-0.2, 0) is 14.1 Å². The maximum absolute atomic E-state index is 9.05. The van der Waals surface area contributed by atoms with Crippen LogP contribution in [0.1, 0.15) is 92.9 Å². The van der Waals surface area contributed by atoms with Gasteiger partial charge in [0.1, 0.15) is 0 Å². The van der Waals surface area contributed by atoms with Crippen molar-refractivity contribution >= 4 is 38.4 Å². The Balaban J connectivity index is 1.47. The van der Waals surface area contributed by atoms with Gasteiger partial charge in [-0.1, -0.05) is 0 Å². The third-order valence-electron chi connectivity index (χ3n) is 12.1. The minimum absolute atomic E-state index is 0.000758. The van der Waals surface area contributed by atoms with Crippen LogP contribution in [0.25, 0.3) is 23.3 Å². The molecule has 0 spiro atoms. The molecule has 3 aliphatic carbocycles. The molecular formula is C41H46Cl2SiZr. The fourth-order valence-corrected chi connectivity index (χ4v) is 53.0. The molecule has 4 aromatic carbocycles. The van der Waals surface area contributed by atoms with Crippen molar-refractivity contribution in [3.8, 4) is 11.1 Å². The van der Waals surface area contributed by atoms with E-state index in [-0.39, 0.29) is 7.25 Å². The van der Waals surface area contributed by atoms with E-state index >= 15 is 0 Å². The molecule has 0 saturated heterocycles. The summed E-state index contributed by atoms with van der Waals surface area (Å²) in [4.78, 5) is 0. The number of hydrogen-bond acceptors (Lipinski definition) is 0. The first kappa shape index (κ1) is 31.6. The third-order valence-corrected chi connectivity index (χ3v) is 79.3. The predicted molar refractivity (Wildman–Crippen MR) is 198 cm³/mol. The van der Waals surface area contributed by atoms with E-state index in [9.17, 15) is 0 Å². The first-order chi connectivity index (χ1) is 21.7. The second-order valence-corrected chi connectivity index (χ2v) is 65.5. The molecule has 2 unspecified atom stereocenters. The molecule has 0 amide bonds. The fraction of sp³-hybridized carbons (Fsp3) is 0.317. The van der Waals surface area contributed by atoms with E-state index in [1.165, 1.54) is 79.9 Å². The number of benzene rings is 4. The van der Waals surface area contributed by atoms with Gasteiger partial charge < -0.3 is 0 Å². The summed E-state index contributed by atoms with van der Waals surface area (Å²) in [5, 5.41) is 0. The molecular weight excluding hydrogens is 683 g/mol. The molecule has 2 atom stereocenters. The van der Waals surface area contributed by atoms with Crippen molar-refractivity contribution in [3.05, 3.63) is 137 Å². The summed E-state index contributed by atoms with van der Waals surface area (Å²) >= 11 is -5.73. The molecule has 1 saturated carbocycles. The molecule has 0 aliphatic heterocycles. The number of allylic oxidation sites excluding steroid dienone is 2. The summed E-state index contributed by atoms with van der Waals surface area (Å²) < 4.78 is 1.22.